The van der Waals surface area contributed by atoms with Crippen LogP contribution < -0.4 is 5.32 Å². The first-order chi connectivity index (χ1) is 12.9. The molecule has 0 spiro atoms. The van der Waals surface area contributed by atoms with Gasteiger partial charge in [0.05, 0.1) is 12.2 Å². The van der Waals surface area contributed by atoms with E-state index in [-0.39, 0.29) is 35.4 Å². The molecule has 1 N–H and O–H groups in total. The summed E-state index contributed by atoms with van der Waals surface area (Å²) >= 11 is 0. The lowest BCUT2D eigenvalue weighted by atomic mass is 9.66. The third kappa shape index (κ3) is 3.91. The maximum Gasteiger partial charge on any atom is 0.223 e. The first kappa shape index (κ1) is 18.9. The highest BCUT2D eigenvalue weighted by Gasteiger charge is 2.49. The minimum Gasteiger partial charge on any atom is -0.370 e. The van der Waals surface area contributed by atoms with Crippen LogP contribution in [0.1, 0.15) is 76.9 Å². The van der Waals surface area contributed by atoms with E-state index in [1.165, 1.54) is 31.4 Å². The maximum absolute atomic E-state index is 13.4. The zero-order chi connectivity index (χ0) is 19.0. The van der Waals surface area contributed by atoms with Crippen molar-refractivity contribution in [3.63, 3.8) is 0 Å². The molecule has 0 bridgehead atoms. The van der Waals surface area contributed by atoms with Crippen molar-refractivity contribution in [3.8, 4) is 0 Å². The molecule has 3 nitrogen and oxygen atoms in total. The summed E-state index contributed by atoms with van der Waals surface area (Å²) in [5.74, 6) is 1.18. The molecule has 5 atom stereocenters. The van der Waals surface area contributed by atoms with Crippen molar-refractivity contribution < 1.29 is 13.9 Å². The summed E-state index contributed by atoms with van der Waals surface area (Å²) in [6.45, 7) is 4.50. The first-order valence-electron chi connectivity index (χ1n) is 10.7. The van der Waals surface area contributed by atoms with Crippen molar-refractivity contribution in [2.75, 3.05) is 0 Å². The Kier molecular flexibility index (Phi) is 5.28. The van der Waals surface area contributed by atoms with Crippen LogP contribution in [0, 0.1) is 23.6 Å². The lowest BCUT2D eigenvalue weighted by Crippen LogP contribution is -2.61. The number of benzene rings is 1. The topological polar surface area (TPSA) is 38.3 Å². The fourth-order valence-corrected chi connectivity index (χ4v) is 5.59. The summed E-state index contributed by atoms with van der Waals surface area (Å²) in [7, 11) is 0. The van der Waals surface area contributed by atoms with Gasteiger partial charge in [0.2, 0.25) is 5.91 Å². The van der Waals surface area contributed by atoms with Gasteiger partial charge < -0.3 is 10.1 Å². The van der Waals surface area contributed by atoms with E-state index in [1.54, 1.807) is 0 Å². The van der Waals surface area contributed by atoms with Crippen LogP contribution in [0.15, 0.2) is 24.3 Å². The van der Waals surface area contributed by atoms with Crippen LogP contribution in [0.4, 0.5) is 4.39 Å². The zero-order valence-electron chi connectivity index (χ0n) is 16.5. The zero-order valence-corrected chi connectivity index (χ0v) is 16.5. The minimum atomic E-state index is -0.262. The van der Waals surface area contributed by atoms with Gasteiger partial charge in [0.25, 0.3) is 0 Å². The largest absolute Gasteiger partial charge is 0.370 e. The van der Waals surface area contributed by atoms with E-state index in [2.05, 4.69) is 19.2 Å². The lowest BCUT2D eigenvalue weighted by molar-refractivity contribution is -0.155. The molecule has 1 aromatic carbocycles. The third-order valence-corrected chi connectivity index (χ3v) is 7.20. The Morgan fingerprint density at radius 1 is 1.15 bits per heavy atom. The van der Waals surface area contributed by atoms with Crippen LogP contribution in [0.3, 0.4) is 0 Å². The molecule has 4 heteroatoms. The molecule has 1 aliphatic heterocycles. The van der Waals surface area contributed by atoms with E-state index >= 15 is 0 Å². The van der Waals surface area contributed by atoms with E-state index in [9.17, 15) is 9.18 Å². The third-order valence-electron chi connectivity index (χ3n) is 7.20. The molecule has 3 fully saturated rings. The molecule has 27 heavy (non-hydrogen) atoms. The predicted octanol–water partition coefficient (Wildman–Crippen LogP) is 5.16. The number of carbonyl (C=O) groups excluding carboxylic acids is 1. The second-order valence-corrected chi connectivity index (χ2v) is 9.33. The summed E-state index contributed by atoms with van der Waals surface area (Å²) in [6, 6.07) is 6.66. The van der Waals surface area contributed by atoms with E-state index in [1.807, 2.05) is 12.1 Å². The Bertz CT molecular complexity index is 669. The second kappa shape index (κ2) is 7.54. The normalized spacial score (nSPS) is 37.0. The molecule has 0 radical (unpaired) electrons. The average Bonchev–Trinajstić information content (AvgIpc) is 3.16. The fourth-order valence-electron chi connectivity index (χ4n) is 5.59. The van der Waals surface area contributed by atoms with E-state index in [0.717, 1.165) is 37.7 Å². The van der Waals surface area contributed by atoms with Crippen molar-refractivity contribution in [1.29, 1.82) is 0 Å². The highest BCUT2D eigenvalue weighted by molar-refractivity contribution is 5.79. The van der Waals surface area contributed by atoms with Gasteiger partial charge in [0, 0.05) is 23.8 Å². The van der Waals surface area contributed by atoms with Crippen molar-refractivity contribution in [2.45, 2.75) is 83.0 Å². The molecule has 4 rings (SSSR count). The van der Waals surface area contributed by atoms with Gasteiger partial charge in [-0.3, -0.25) is 4.79 Å². The number of carbonyl (C=O) groups is 1. The van der Waals surface area contributed by atoms with Gasteiger partial charge in [0.15, 0.2) is 0 Å². The van der Waals surface area contributed by atoms with Gasteiger partial charge in [-0.05, 0) is 56.2 Å². The number of halogens is 1. The molecule has 0 aromatic heterocycles. The summed E-state index contributed by atoms with van der Waals surface area (Å²) in [5, 5.41) is 3.47. The van der Waals surface area contributed by atoms with Crippen molar-refractivity contribution >= 4 is 5.91 Å². The fraction of sp³-hybridized carbons (Fsp3) is 0.696. The number of hydrogen-bond donors (Lipinski definition) is 1. The number of amides is 1. The Labute approximate surface area is 162 Å². The van der Waals surface area contributed by atoms with Crippen LogP contribution >= 0.6 is 0 Å². The van der Waals surface area contributed by atoms with Crippen molar-refractivity contribution in [2.24, 2.45) is 17.8 Å². The predicted molar refractivity (Wildman–Crippen MR) is 104 cm³/mol. The van der Waals surface area contributed by atoms with E-state index in [0.29, 0.717) is 11.8 Å². The van der Waals surface area contributed by atoms with Crippen molar-refractivity contribution in [3.05, 3.63) is 35.6 Å². The molecule has 0 unspecified atom stereocenters. The Morgan fingerprint density at radius 3 is 2.56 bits per heavy atom. The summed E-state index contributed by atoms with van der Waals surface area (Å²) in [5.41, 5.74) is 0.747. The summed E-state index contributed by atoms with van der Waals surface area (Å²) < 4.78 is 19.9. The Balaban J connectivity index is 1.58. The average molecular weight is 374 g/mol. The van der Waals surface area contributed by atoms with Crippen molar-refractivity contribution in [1.82, 2.24) is 5.32 Å². The van der Waals surface area contributed by atoms with E-state index in [4.69, 9.17) is 4.74 Å². The highest BCUT2D eigenvalue weighted by Crippen LogP contribution is 2.48. The molecule has 2 aliphatic carbocycles. The molecule has 3 aliphatic rings. The Hall–Kier alpha value is -1.42. The highest BCUT2D eigenvalue weighted by atomic mass is 19.1. The van der Waals surface area contributed by atoms with Gasteiger partial charge in [0.1, 0.15) is 5.82 Å². The number of nitrogens with one attached hydrogen (secondary N) is 1. The molecule has 1 amide bonds. The van der Waals surface area contributed by atoms with Crippen LogP contribution in [-0.4, -0.2) is 17.6 Å². The number of fused-ring (bicyclic) bond motifs is 1. The standard InChI is InChI=1S/C23H32FNO2/c1-15-7-12-19-20(13-15)27-21(16-8-10-18(24)11-9-16)14-23(19,2)25-22(26)17-5-3-4-6-17/h8-11,15,17,19-21H,3-7,12-14H2,1-2H3,(H,25,26)/t15-,19-,20-,21-,23-/m0/s1. The minimum absolute atomic E-state index is 0.0916. The van der Waals surface area contributed by atoms with Gasteiger partial charge in [-0.15, -0.1) is 0 Å². The number of ether oxygens (including phenoxy) is 1. The van der Waals surface area contributed by atoms with Gasteiger partial charge in [-0.25, -0.2) is 4.39 Å². The van der Waals surface area contributed by atoms with Gasteiger partial charge in [-0.2, -0.15) is 0 Å². The van der Waals surface area contributed by atoms with Crippen LogP contribution in [0.25, 0.3) is 0 Å². The smallest absolute Gasteiger partial charge is 0.223 e. The molecule has 1 heterocycles. The van der Waals surface area contributed by atoms with Crippen LogP contribution in [0.2, 0.25) is 0 Å². The molecule has 148 valence electrons. The first-order valence-corrected chi connectivity index (χ1v) is 10.7. The number of hydrogen-bond acceptors (Lipinski definition) is 2. The van der Waals surface area contributed by atoms with E-state index < -0.39 is 0 Å². The quantitative estimate of drug-likeness (QED) is 0.795. The molecule has 1 saturated heterocycles. The Morgan fingerprint density at radius 2 is 1.85 bits per heavy atom. The monoisotopic (exact) mass is 373 g/mol. The van der Waals surface area contributed by atoms with Gasteiger partial charge >= 0.3 is 0 Å². The number of rotatable bonds is 3. The lowest BCUT2D eigenvalue weighted by Gasteiger charge is -2.52. The summed E-state index contributed by atoms with van der Waals surface area (Å²) in [6.07, 6.45) is 8.53. The van der Waals surface area contributed by atoms with Gasteiger partial charge in [-0.1, -0.05) is 38.3 Å². The molecule has 1 aromatic rings. The summed E-state index contributed by atoms with van der Waals surface area (Å²) in [4.78, 5) is 12.9. The van der Waals surface area contributed by atoms with Crippen LogP contribution in [-0.2, 0) is 9.53 Å². The molecular formula is C23H32FNO2. The maximum atomic E-state index is 13.4. The van der Waals surface area contributed by atoms with Crippen LogP contribution in [0.5, 0.6) is 0 Å². The second-order valence-electron chi connectivity index (χ2n) is 9.33. The molecule has 2 saturated carbocycles. The molecular weight excluding hydrogens is 341 g/mol. The SMILES string of the molecule is C[C@H]1CC[C@H]2[C@H](C1)O[C@H](c1ccc(F)cc1)C[C@]2(C)NC(=O)C1CCCC1.